The average Bonchev–Trinajstić information content (AvgIpc) is 3.46. The Morgan fingerprint density at radius 1 is 1.18 bits per heavy atom. The molecule has 28 heavy (non-hydrogen) atoms. The third-order valence-electron chi connectivity index (χ3n) is 5.82. The zero-order valence-electron chi connectivity index (χ0n) is 16.0. The lowest BCUT2D eigenvalue weighted by Gasteiger charge is -2.27. The van der Waals surface area contributed by atoms with Crippen molar-refractivity contribution in [2.24, 2.45) is 5.92 Å². The van der Waals surface area contributed by atoms with Gasteiger partial charge in [-0.2, -0.15) is 0 Å². The van der Waals surface area contributed by atoms with Crippen molar-refractivity contribution >= 4 is 10.9 Å². The Labute approximate surface area is 162 Å². The van der Waals surface area contributed by atoms with Crippen molar-refractivity contribution in [3.8, 4) is 0 Å². The van der Waals surface area contributed by atoms with Crippen molar-refractivity contribution in [2.75, 3.05) is 6.54 Å². The van der Waals surface area contributed by atoms with Gasteiger partial charge in [-0.25, -0.2) is 4.98 Å². The number of hydrogen-bond donors (Lipinski definition) is 2. The molecule has 1 aromatic carbocycles. The number of aromatic amines is 2. The topological polar surface area (TPSA) is 81.8 Å². The highest BCUT2D eigenvalue weighted by Crippen LogP contribution is 2.31. The van der Waals surface area contributed by atoms with Gasteiger partial charge in [-0.05, 0) is 44.2 Å². The van der Waals surface area contributed by atoms with Crippen LogP contribution in [0.1, 0.15) is 41.2 Å². The molecular formula is C22H24N4O2. The van der Waals surface area contributed by atoms with Crippen LogP contribution in [0.25, 0.3) is 10.9 Å². The molecular weight excluding hydrogens is 352 g/mol. The van der Waals surface area contributed by atoms with Crippen LogP contribution in [0.4, 0.5) is 0 Å². The number of benzene rings is 1. The van der Waals surface area contributed by atoms with Gasteiger partial charge in [-0.15, -0.1) is 0 Å². The minimum Gasteiger partial charge on any atom is -0.357 e. The highest BCUT2D eigenvalue weighted by molar-refractivity contribution is 5.79. The van der Waals surface area contributed by atoms with Crippen molar-refractivity contribution in [1.82, 2.24) is 19.9 Å². The molecule has 0 atom stereocenters. The van der Waals surface area contributed by atoms with Crippen LogP contribution in [0.5, 0.6) is 0 Å². The molecule has 0 radical (unpaired) electrons. The highest BCUT2D eigenvalue weighted by Gasteiger charge is 2.25. The van der Waals surface area contributed by atoms with Crippen LogP contribution in [-0.2, 0) is 25.9 Å². The van der Waals surface area contributed by atoms with Gasteiger partial charge < -0.3 is 9.97 Å². The number of aryl methyl sites for hydroxylation is 1. The number of rotatable bonds is 4. The fourth-order valence-corrected chi connectivity index (χ4v) is 4.11. The van der Waals surface area contributed by atoms with E-state index < -0.39 is 0 Å². The average molecular weight is 376 g/mol. The van der Waals surface area contributed by atoms with E-state index in [0.29, 0.717) is 25.4 Å². The smallest absolute Gasteiger partial charge is 0.254 e. The van der Waals surface area contributed by atoms with Gasteiger partial charge >= 0.3 is 0 Å². The Bertz CT molecular complexity index is 1170. The Morgan fingerprint density at radius 2 is 2.04 bits per heavy atom. The van der Waals surface area contributed by atoms with Crippen molar-refractivity contribution in [3.63, 3.8) is 0 Å². The maximum absolute atomic E-state index is 12.5. The largest absolute Gasteiger partial charge is 0.357 e. The zero-order chi connectivity index (χ0) is 19.3. The fraction of sp³-hybridized carbons (Fsp3) is 0.409. The van der Waals surface area contributed by atoms with Gasteiger partial charge in [-0.3, -0.25) is 14.5 Å². The Morgan fingerprint density at radius 3 is 2.86 bits per heavy atom. The van der Waals surface area contributed by atoms with Crippen LogP contribution < -0.4 is 11.0 Å². The van der Waals surface area contributed by atoms with Crippen molar-refractivity contribution in [1.29, 1.82) is 0 Å². The second-order valence-electron chi connectivity index (χ2n) is 8.25. The van der Waals surface area contributed by atoms with Crippen LogP contribution in [0, 0.1) is 12.8 Å². The Hall–Kier alpha value is -2.73. The number of aromatic nitrogens is 3. The number of H-pyrrole nitrogens is 2. The third-order valence-corrected chi connectivity index (χ3v) is 5.82. The second kappa shape index (κ2) is 6.71. The predicted molar refractivity (Wildman–Crippen MR) is 108 cm³/mol. The highest BCUT2D eigenvalue weighted by atomic mass is 16.1. The number of pyridine rings is 1. The quantitative estimate of drug-likeness (QED) is 0.733. The second-order valence-corrected chi connectivity index (χ2v) is 8.25. The number of fused-ring (bicyclic) bond motifs is 2. The van der Waals surface area contributed by atoms with Crippen molar-refractivity contribution < 1.29 is 0 Å². The summed E-state index contributed by atoms with van der Waals surface area (Å²) in [6.45, 7) is 4.06. The van der Waals surface area contributed by atoms with Crippen molar-refractivity contribution in [3.05, 3.63) is 73.2 Å². The van der Waals surface area contributed by atoms with Crippen LogP contribution in [0.3, 0.4) is 0 Å². The molecule has 0 unspecified atom stereocenters. The van der Waals surface area contributed by atoms with E-state index in [0.717, 1.165) is 52.2 Å². The van der Waals surface area contributed by atoms with Crippen LogP contribution >= 0.6 is 0 Å². The Kier molecular flexibility index (Phi) is 4.16. The fourth-order valence-electron chi connectivity index (χ4n) is 4.11. The molecule has 6 heteroatoms. The summed E-state index contributed by atoms with van der Waals surface area (Å²) in [5.41, 5.74) is 4.62. The molecule has 1 aliphatic carbocycles. The summed E-state index contributed by atoms with van der Waals surface area (Å²) in [6, 6.07) is 7.59. The van der Waals surface area contributed by atoms with E-state index in [4.69, 9.17) is 4.98 Å². The minimum atomic E-state index is 0.0229. The lowest BCUT2D eigenvalue weighted by atomic mass is 10.1. The minimum absolute atomic E-state index is 0.0229. The molecule has 6 nitrogen and oxygen atoms in total. The van der Waals surface area contributed by atoms with Gasteiger partial charge in [-0.1, -0.05) is 11.6 Å². The molecule has 2 N–H and O–H groups in total. The van der Waals surface area contributed by atoms with E-state index in [9.17, 15) is 9.59 Å². The van der Waals surface area contributed by atoms with Gasteiger partial charge in [0.05, 0.1) is 5.69 Å². The summed E-state index contributed by atoms with van der Waals surface area (Å²) >= 11 is 0. The van der Waals surface area contributed by atoms with E-state index in [1.807, 2.05) is 25.1 Å². The molecule has 144 valence electrons. The first kappa shape index (κ1) is 17.4. The maximum Gasteiger partial charge on any atom is 0.254 e. The lowest BCUT2D eigenvalue weighted by molar-refractivity contribution is 0.237. The SMILES string of the molecule is Cc1ccc2[nH]c(CN3CCc4c(nc(CC5CC5)[nH]c4=O)C3)cc(=O)c2c1. The number of nitrogens with zero attached hydrogens (tertiary/aromatic N) is 2. The third kappa shape index (κ3) is 3.40. The summed E-state index contributed by atoms with van der Waals surface area (Å²) in [7, 11) is 0. The molecule has 1 aliphatic heterocycles. The number of hydrogen-bond acceptors (Lipinski definition) is 4. The first-order chi connectivity index (χ1) is 13.5. The molecule has 0 amide bonds. The van der Waals surface area contributed by atoms with E-state index in [-0.39, 0.29) is 11.0 Å². The normalized spacial score (nSPS) is 17.0. The van der Waals surface area contributed by atoms with Gasteiger partial charge in [0.2, 0.25) is 0 Å². The maximum atomic E-state index is 12.5. The molecule has 0 saturated heterocycles. The summed E-state index contributed by atoms with van der Waals surface area (Å²) in [6.07, 6.45) is 4.04. The summed E-state index contributed by atoms with van der Waals surface area (Å²) in [5.74, 6) is 1.51. The predicted octanol–water partition coefficient (Wildman–Crippen LogP) is 2.43. The van der Waals surface area contributed by atoms with Gasteiger partial charge in [0.1, 0.15) is 5.82 Å². The molecule has 0 spiro atoms. The van der Waals surface area contributed by atoms with Gasteiger partial charge in [0.15, 0.2) is 5.43 Å². The van der Waals surface area contributed by atoms with Crippen LogP contribution in [0.2, 0.25) is 0 Å². The van der Waals surface area contributed by atoms with E-state index in [1.165, 1.54) is 12.8 Å². The standard InChI is InChI=1S/C22H24N4O2/c1-13-2-5-18-17(8-13)20(27)10-15(23-18)11-26-7-6-16-19(12-26)24-21(25-22(16)28)9-14-3-4-14/h2,5,8,10,14H,3-4,6-7,9,11-12H2,1H3,(H,23,27)(H,24,25,28). The van der Waals surface area contributed by atoms with E-state index >= 15 is 0 Å². The van der Waals surface area contributed by atoms with Gasteiger partial charge in [0.25, 0.3) is 5.56 Å². The molecule has 1 saturated carbocycles. The van der Waals surface area contributed by atoms with E-state index in [2.05, 4.69) is 14.9 Å². The number of nitrogens with one attached hydrogen (secondary N) is 2. The first-order valence-electron chi connectivity index (χ1n) is 10.0. The summed E-state index contributed by atoms with van der Waals surface area (Å²) in [5, 5.41) is 0.727. The summed E-state index contributed by atoms with van der Waals surface area (Å²) in [4.78, 5) is 38.3. The monoisotopic (exact) mass is 376 g/mol. The molecule has 5 rings (SSSR count). The van der Waals surface area contributed by atoms with Crippen LogP contribution in [-0.4, -0.2) is 26.4 Å². The molecule has 3 heterocycles. The van der Waals surface area contributed by atoms with Crippen molar-refractivity contribution in [2.45, 2.75) is 45.7 Å². The summed E-state index contributed by atoms with van der Waals surface area (Å²) < 4.78 is 0. The zero-order valence-corrected chi connectivity index (χ0v) is 16.0. The first-order valence-corrected chi connectivity index (χ1v) is 10.0. The molecule has 2 aliphatic rings. The molecule has 2 aromatic heterocycles. The molecule has 0 bridgehead atoms. The van der Waals surface area contributed by atoms with Crippen LogP contribution in [0.15, 0.2) is 33.9 Å². The molecule has 1 fully saturated rings. The van der Waals surface area contributed by atoms with E-state index in [1.54, 1.807) is 6.07 Å². The Balaban J connectivity index is 1.39. The van der Waals surface area contributed by atoms with Gasteiger partial charge in [0, 0.05) is 54.3 Å². The molecule has 3 aromatic rings. The lowest BCUT2D eigenvalue weighted by Crippen LogP contribution is -2.35.